The van der Waals surface area contributed by atoms with Gasteiger partial charge in [0.2, 0.25) is 5.91 Å². The van der Waals surface area contributed by atoms with Crippen LogP contribution in [0, 0.1) is 0 Å². The topological polar surface area (TPSA) is 76.2 Å². The average Bonchev–Trinajstić information content (AvgIpc) is 3.37. The number of benzene rings is 2. The van der Waals surface area contributed by atoms with E-state index in [2.05, 4.69) is 15.5 Å². The summed E-state index contributed by atoms with van der Waals surface area (Å²) in [4.78, 5) is 12.3. The molecule has 1 N–H and O–H groups in total. The quantitative estimate of drug-likeness (QED) is 0.396. The third-order valence-corrected chi connectivity index (χ3v) is 5.93. The number of hydrogen-bond donors (Lipinski definition) is 1. The van der Waals surface area contributed by atoms with Crippen molar-refractivity contribution in [1.29, 1.82) is 0 Å². The van der Waals surface area contributed by atoms with Crippen LogP contribution in [0.15, 0.2) is 75.3 Å². The predicted octanol–water partition coefficient (Wildman–Crippen LogP) is 5.16. The van der Waals surface area contributed by atoms with E-state index < -0.39 is 0 Å². The van der Waals surface area contributed by atoms with E-state index >= 15 is 0 Å². The number of amides is 1. The zero-order valence-electron chi connectivity index (χ0n) is 16.7. The van der Waals surface area contributed by atoms with E-state index in [4.69, 9.17) is 20.8 Å². The van der Waals surface area contributed by atoms with Crippen LogP contribution in [0.25, 0.3) is 11.3 Å². The van der Waals surface area contributed by atoms with Crippen molar-refractivity contribution < 1.29 is 13.9 Å². The van der Waals surface area contributed by atoms with Gasteiger partial charge in [0.05, 0.1) is 23.1 Å². The van der Waals surface area contributed by atoms with Crippen molar-refractivity contribution in [2.45, 2.75) is 18.6 Å². The second-order valence-electron chi connectivity index (χ2n) is 6.71. The Hall–Kier alpha value is -3.03. The van der Waals surface area contributed by atoms with Crippen molar-refractivity contribution in [2.75, 3.05) is 6.61 Å². The lowest BCUT2D eigenvalue weighted by molar-refractivity contribution is -0.118. The highest BCUT2D eigenvalue weighted by molar-refractivity contribution is 8.15. The van der Waals surface area contributed by atoms with Gasteiger partial charge in [0.1, 0.15) is 17.3 Å². The fourth-order valence-corrected chi connectivity index (χ4v) is 4.25. The van der Waals surface area contributed by atoms with E-state index in [9.17, 15) is 4.79 Å². The standard InChI is InChI=1S/C23H20ClN3O3S/c1-2-29-16-9-7-15(8-10-16)13-21-22(28)26-23(31-21)27-25-14-17-11-12-20(30-17)18-5-3-4-6-19(18)24/h3-12,14,21H,2,13H2,1H3,(H,26,27,28)/b25-14+. The molecule has 1 saturated heterocycles. The van der Waals surface area contributed by atoms with Gasteiger partial charge in [-0.1, -0.05) is 47.6 Å². The monoisotopic (exact) mass is 453 g/mol. The molecule has 1 aliphatic heterocycles. The van der Waals surface area contributed by atoms with Gasteiger partial charge in [-0.15, -0.1) is 5.10 Å². The first kappa shape index (κ1) is 21.2. The molecule has 3 aromatic rings. The Balaban J connectivity index is 1.36. The second kappa shape index (κ2) is 9.85. The van der Waals surface area contributed by atoms with Gasteiger partial charge in [0.25, 0.3) is 0 Å². The second-order valence-corrected chi connectivity index (χ2v) is 8.31. The summed E-state index contributed by atoms with van der Waals surface area (Å²) in [6, 6.07) is 18.8. The molecule has 0 saturated carbocycles. The van der Waals surface area contributed by atoms with E-state index in [-0.39, 0.29) is 11.2 Å². The molecule has 0 radical (unpaired) electrons. The first-order chi connectivity index (χ1) is 15.1. The molecule has 4 rings (SSSR count). The first-order valence-electron chi connectivity index (χ1n) is 9.77. The maximum absolute atomic E-state index is 12.3. The first-order valence-corrected chi connectivity index (χ1v) is 11.0. The Morgan fingerprint density at radius 3 is 2.74 bits per heavy atom. The van der Waals surface area contributed by atoms with E-state index in [0.717, 1.165) is 16.9 Å². The molecule has 1 aliphatic rings. The number of rotatable bonds is 7. The smallest absolute Gasteiger partial charge is 0.239 e. The molecule has 1 amide bonds. The number of amidine groups is 1. The van der Waals surface area contributed by atoms with Crippen LogP contribution in [0.3, 0.4) is 0 Å². The molecule has 6 nitrogen and oxygen atoms in total. The molecule has 2 aromatic carbocycles. The van der Waals surface area contributed by atoms with Crippen LogP contribution in [-0.4, -0.2) is 29.1 Å². The van der Waals surface area contributed by atoms with Gasteiger partial charge in [-0.2, -0.15) is 5.10 Å². The van der Waals surface area contributed by atoms with Gasteiger partial charge in [0.15, 0.2) is 5.17 Å². The van der Waals surface area contributed by atoms with Crippen LogP contribution in [-0.2, 0) is 11.2 Å². The van der Waals surface area contributed by atoms with Crippen molar-refractivity contribution in [3.8, 4) is 17.1 Å². The minimum Gasteiger partial charge on any atom is -0.494 e. The average molecular weight is 454 g/mol. The lowest BCUT2D eigenvalue weighted by atomic mass is 10.1. The lowest BCUT2D eigenvalue weighted by Gasteiger charge is -2.07. The van der Waals surface area contributed by atoms with Crippen LogP contribution >= 0.6 is 23.4 Å². The van der Waals surface area contributed by atoms with Gasteiger partial charge in [-0.05, 0) is 55.3 Å². The summed E-state index contributed by atoms with van der Waals surface area (Å²) >= 11 is 7.56. The summed E-state index contributed by atoms with van der Waals surface area (Å²) in [7, 11) is 0. The predicted molar refractivity (Wildman–Crippen MR) is 125 cm³/mol. The highest BCUT2D eigenvalue weighted by Crippen LogP contribution is 2.29. The normalized spacial score (nSPS) is 17.4. The zero-order chi connectivity index (χ0) is 21.6. The van der Waals surface area contributed by atoms with Gasteiger partial charge >= 0.3 is 0 Å². The molecule has 1 unspecified atom stereocenters. The highest BCUT2D eigenvalue weighted by Gasteiger charge is 2.30. The Labute approximate surface area is 189 Å². The molecule has 0 aliphatic carbocycles. The van der Waals surface area contributed by atoms with E-state index in [0.29, 0.717) is 34.7 Å². The van der Waals surface area contributed by atoms with Gasteiger partial charge < -0.3 is 14.5 Å². The summed E-state index contributed by atoms with van der Waals surface area (Å²) in [5.41, 5.74) is 1.87. The molecule has 0 spiro atoms. The van der Waals surface area contributed by atoms with Crippen LogP contribution in [0.4, 0.5) is 0 Å². The summed E-state index contributed by atoms with van der Waals surface area (Å²) in [5.74, 6) is 1.94. The maximum Gasteiger partial charge on any atom is 0.239 e. The number of thioether (sulfide) groups is 1. The van der Waals surface area contributed by atoms with Crippen molar-refractivity contribution in [2.24, 2.45) is 10.2 Å². The summed E-state index contributed by atoms with van der Waals surface area (Å²) in [6.07, 6.45) is 2.10. The molecule has 158 valence electrons. The fraction of sp³-hybridized carbons (Fsp3) is 0.174. The molecular formula is C23H20ClN3O3S. The lowest BCUT2D eigenvalue weighted by Crippen LogP contribution is -2.25. The number of furan rings is 1. The number of nitrogens with zero attached hydrogens (tertiary/aromatic N) is 2. The van der Waals surface area contributed by atoms with Crippen molar-refractivity contribution >= 4 is 40.7 Å². The molecule has 8 heteroatoms. The number of carbonyl (C=O) groups is 1. The van der Waals surface area contributed by atoms with Crippen molar-refractivity contribution in [3.05, 3.63) is 77.0 Å². The molecule has 1 aromatic heterocycles. The summed E-state index contributed by atoms with van der Waals surface area (Å²) in [5, 5.41) is 11.8. The summed E-state index contributed by atoms with van der Waals surface area (Å²) in [6.45, 7) is 2.57. The Kier molecular flexibility index (Phi) is 6.74. The third kappa shape index (κ3) is 5.37. The Morgan fingerprint density at radius 2 is 1.97 bits per heavy atom. The largest absolute Gasteiger partial charge is 0.494 e. The van der Waals surface area contributed by atoms with Crippen LogP contribution in [0.5, 0.6) is 5.75 Å². The third-order valence-electron chi connectivity index (χ3n) is 4.53. The van der Waals surface area contributed by atoms with E-state index in [1.54, 1.807) is 6.07 Å². The maximum atomic E-state index is 12.3. The van der Waals surface area contributed by atoms with Crippen LogP contribution in [0.1, 0.15) is 18.2 Å². The Morgan fingerprint density at radius 1 is 1.16 bits per heavy atom. The number of carbonyl (C=O) groups excluding carboxylic acids is 1. The summed E-state index contributed by atoms with van der Waals surface area (Å²) < 4.78 is 11.2. The van der Waals surface area contributed by atoms with E-state index in [1.807, 2.05) is 61.5 Å². The molecule has 31 heavy (non-hydrogen) atoms. The number of hydrogen-bond acceptors (Lipinski definition) is 6. The minimum absolute atomic E-state index is 0.0770. The number of ether oxygens (including phenoxy) is 1. The fourth-order valence-electron chi connectivity index (χ4n) is 3.06. The molecular weight excluding hydrogens is 434 g/mol. The van der Waals surface area contributed by atoms with Gasteiger partial charge in [0, 0.05) is 5.56 Å². The van der Waals surface area contributed by atoms with Gasteiger partial charge in [-0.3, -0.25) is 4.79 Å². The SMILES string of the molecule is CCOc1ccc(CC2S/C(=N/N=C/c3ccc(-c4ccccc4Cl)o3)NC2=O)cc1. The Bertz CT molecular complexity index is 1130. The minimum atomic E-state index is -0.248. The number of nitrogens with one attached hydrogen (secondary N) is 1. The number of halogens is 1. The van der Waals surface area contributed by atoms with Crippen molar-refractivity contribution in [3.63, 3.8) is 0 Å². The zero-order valence-corrected chi connectivity index (χ0v) is 18.3. The highest BCUT2D eigenvalue weighted by atomic mass is 35.5. The molecule has 2 heterocycles. The molecule has 0 bridgehead atoms. The molecule has 1 atom stereocenters. The van der Waals surface area contributed by atoms with Crippen molar-refractivity contribution in [1.82, 2.24) is 5.32 Å². The van der Waals surface area contributed by atoms with Crippen LogP contribution < -0.4 is 10.1 Å². The van der Waals surface area contributed by atoms with Gasteiger partial charge in [-0.25, -0.2) is 0 Å². The molecule has 1 fully saturated rings. The van der Waals surface area contributed by atoms with E-state index in [1.165, 1.54) is 18.0 Å². The van der Waals surface area contributed by atoms with Crippen LogP contribution in [0.2, 0.25) is 5.02 Å².